The number of hydrogen-bond acceptors (Lipinski definition) is 2. The van der Waals surface area contributed by atoms with Crippen molar-refractivity contribution >= 4 is 0 Å². The number of halogens is 2. The van der Waals surface area contributed by atoms with Crippen molar-refractivity contribution in [3.05, 3.63) is 83.3 Å². The van der Waals surface area contributed by atoms with Crippen molar-refractivity contribution in [2.45, 2.75) is 27.7 Å². The molecule has 0 saturated heterocycles. The average Bonchev–Trinajstić information content (AvgIpc) is 3.32. The SMILES string of the molecule is Cc1c[c-](-c2ccco2)cc1C.Cc1c[c-](-c2ccco2)cc1C.[Cl-].[Cl-].[Hf+4]. The second-order valence-electron chi connectivity index (χ2n) is 6.17. The molecule has 0 aliphatic carbocycles. The van der Waals surface area contributed by atoms with Gasteiger partial charge in [0.05, 0.1) is 24.0 Å². The van der Waals surface area contributed by atoms with Gasteiger partial charge in [-0.1, -0.05) is 63.1 Å². The summed E-state index contributed by atoms with van der Waals surface area (Å²) < 4.78 is 10.6. The molecule has 0 N–H and O–H groups in total. The Morgan fingerprint density at radius 2 is 0.889 bits per heavy atom. The Morgan fingerprint density at radius 1 is 0.593 bits per heavy atom. The van der Waals surface area contributed by atoms with Crippen molar-refractivity contribution in [3.63, 3.8) is 0 Å². The van der Waals surface area contributed by atoms with Gasteiger partial charge in [-0.15, -0.1) is 24.3 Å². The van der Waals surface area contributed by atoms with Crippen LogP contribution in [0.15, 0.2) is 69.9 Å². The molecule has 2 heterocycles. The Morgan fingerprint density at radius 3 is 1.11 bits per heavy atom. The van der Waals surface area contributed by atoms with Crippen molar-refractivity contribution in [1.82, 2.24) is 0 Å². The first-order chi connectivity index (χ1) is 11.5. The number of rotatable bonds is 2. The van der Waals surface area contributed by atoms with Crippen LogP contribution in [0.3, 0.4) is 0 Å². The summed E-state index contributed by atoms with van der Waals surface area (Å²) in [6.45, 7) is 8.45. The molecule has 0 amide bonds. The fraction of sp³-hybridized carbons (Fsp3) is 0.182. The van der Waals surface area contributed by atoms with Gasteiger partial charge in [0, 0.05) is 0 Å². The number of aryl methyl sites for hydroxylation is 4. The predicted octanol–water partition coefficient (Wildman–Crippen LogP) is 0.570. The van der Waals surface area contributed by atoms with Crippen molar-refractivity contribution in [1.29, 1.82) is 0 Å². The van der Waals surface area contributed by atoms with Crippen LogP contribution >= 0.6 is 0 Å². The summed E-state index contributed by atoms with van der Waals surface area (Å²) in [7, 11) is 0. The van der Waals surface area contributed by atoms with Crippen LogP contribution in [0, 0.1) is 27.7 Å². The maximum absolute atomic E-state index is 5.29. The van der Waals surface area contributed by atoms with Crippen LogP contribution in [0.1, 0.15) is 22.3 Å². The molecule has 0 radical (unpaired) electrons. The first-order valence-electron chi connectivity index (χ1n) is 8.10. The molecule has 4 aromatic rings. The average molecular weight is 568 g/mol. The molecule has 140 valence electrons. The van der Waals surface area contributed by atoms with E-state index in [-0.39, 0.29) is 50.7 Å². The Hall–Kier alpha value is -1.29. The molecular formula is C22H22Cl2HfO2. The minimum absolute atomic E-state index is 0. The Kier molecular flexibility index (Phi) is 11.0. The van der Waals surface area contributed by atoms with Crippen LogP contribution in [0.25, 0.3) is 22.6 Å². The normalized spacial score (nSPS) is 9.33. The Balaban J connectivity index is 0.000000451. The third-order valence-electron chi connectivity index (χ3n) is 4.34. The largest absolute Gasteiger partial charge is 4.00 e. The first kappa shape index (κ1) is 25.7. The Labute approximate surface area is 192 Å². The van der Waals surface area contributed by atoms with Gasteiger partial charge in [-0.3, -0.25) is 0 Å². The molecule has 0 atom stereocenters. The molecule has 5 heteroatoms. The quantitative estimate of drug-likeness (QED) is 0.262. The third kappa shape index (κ3) is 6.38. The molecule has 0 aliphatic rings. The monoisotopic (exact) mass is 568 g/mol. The summed E-state index contributed by atoms with van der Waals surface area (Å²) >= 11 is 0. The van der Waals surface area contributed by atoms with Crippen LogP contribution in [0.2, 0.25) is 0 Å². The van der Waals surface area contributed by atoms with Crippen LogP contribution in [-0.2, 0) is 25.8 Å². The second kappa shape index (κ2) is 11.5. The van der Waals surface area contributed by atoms with Gasteiger partial charge in [-0.25, -0.2) is 0 Å². The molecule has 27 heavy (non-hydrogen) atoms. The van der Waals surface area contributed by atoms with Gasteiger partial charge in [-0.2, -0.15) is 22.3 Å². The van der Waals surface area contributed by atoms with E-state index in [9.17, 15) is 0 Å². The van der Waals surface area contributed by atoms with Crippen molar-refractivity contribution in [2.75, 3.05) is 0 Å². The van der Waals surface area contributed by atoms with Gasteiger partial charge in [0.1, 0.15) is 0 Å². The topological polar surface area (TPSA) is 26.3 Å². The van der Waals surface area contributed by atoms with E-state index in [1.165, 1.54) is 33.4 Å². The zero-order valence-electron chi connectivity index (χ0n) is 15.8. The van der Waals surface area contributed by atoms with Gasteiger partial charge in [0.25, 0.3) is 0 Å². The van der Waals surface area contributed by atoms with Gasteiger partial charge >= 0.3 is 25.8 Å². The zero-order chi connectivity index (χ0) is 17.1. The molecule has 2 aromatic carbocycles. The molecule has 0 fully saturated rings. The zero-order valence-corrected chi connectivity index (χ0v) is 21.0. The molecule has 0 saturated carbocycles. The number of hydrogen-bond donors (Lipinski definition) is 0. The van der Waals surface area contributed by atoms with Crippen molar-refractivity contribution in [3.8, 4) is 22.6 Å². The van der Waals surface area contributed by atoms with E-state index in [1.807, 2.05) is 24.3 Å². The van der Waals surface area contributed by atoms with Crippen LogP contribution in [-0.4, -0.2) is 0 Å². The standard InChI is InChI=1S/2C11H11O.2ClH.Hf/c2*1-8-6-10(7-9(8)2)11-4-3-5-12-11;;;/h2*3-7H,1-2H3;2*1H;/q2*-1;;;+4/p-2. The fourth-order valence-corrected chi connectivity index (χ4v) is 2.64. The minimum Gasteiger partial charge on any atom is -1.00 e. The maximum atomic E-state index is 5.29. The van der Waals surface area contributed by atoms with E-state index in [1.54, 1.807) is 12.5 Å². The van der Waals surface area contributed by atoms with E-state index in [2.05, 4.69) is 52.0 Å². The molecule has 0 aliphatic heterocycles. The molecular weight excluding hydrogens is 546 g/mol. The van der Waals surface area contributed by atoms with Crippen LogP contribution < -0.4 is 24.8 Å². The molecule has 0 bridgehead atoms. The van der Waals surface area contributed by atoms with Gasteiger partial charge < -0.3 is 33.6 Å². The van der Waals surface area contributed by atoms with Crippen LogP contribution in [0.5, 0.6) is 0 Å². The smallest absolute Gasteiger partial charge is 1.00 e. The first-order valence-corrected chi connectivity index (χ1v) is 8.10. The molecule has 0 spiro atoms. The van der Waals surface area contributed by atoms with E-state index in [4.69, 9.17) is 8.83 Å². The summed E-state index contributed by atoms with van der Waals surface area (Å²) in [6, 6.07) is 16.4. The van der Waals surface area contributed by atoms with Gasteiger partial charge in [0.15, 0.2) is 0 Å². The summed E-state index contributed by atoms with van der Waals surface area (Å²) in [5.41, 5.74) is 7.63. The fourth-order valence-electron chi connectivity index (χ4n) is 2.64. The van der Waals surface area contributed by atoms with E-state index in [0.717, 1.165) is 11.5 Å². The van der Waals surface area contributed by atoms with Crippen molar-refractivity contribution < 1.29 is 59.5 Å². The maximum Gasteiger partial charge on any atom is 4.00 e. The summed E-state index contributed by atoms with van der Waals surface area (Å²) in [6.07, 6.45) is 3.40. The molecule has 0 unspecified atom stereocenters. The summed E-state index contributed by atoms with van der Waals surface area (Å²) in [5, 5.41) is 0. The van der Waals surface area contributed by atoms with E-state index >= 15 is 0 Å². The summed E-state index contributed by atoms with van der Waals surface area (Å²) in [5.74, 6) is 1.90. The third-order valence-corrected chi connectivity index (χ3v) is 4.34. The minimum atomic E-state index is 0. The second-order valence-corrected chi connectivity index (χ2v) is 6.17. The van der Waals surface area contributed by atoms with Gasteiger partial charge in [-0.05, 0) is 0 Å². The molecule has 2 aromatic heterocycles. The van der Waals surface area contributed by atoms with Crippen LogP contribution in [0.4, 0.5) is 0 Å². The molecule has 4 rings (SSSR count). The number of furan rings is 2. The van der Waals surface area contributed by atoms with E-state index < -0.39 is 0 Å². The summed E-state index contributed by atoms with van der Waals surface area (Å²) in [4.78, 5) is 0. The van der Waals surface area contributed by atoms with Gasteiger partial charge in [0.2, 0.25) is 0 Å². The van der Waals surface area contributed by atoms with Crippen molar-refractivity contribution in [2.24, 2.45) is 0 Å². The predicted molar refractivity (Wildman–Crippen MR) is 98.4 cm³/mol. The van der Waals surface area contributed by atoms with E-state index in [0.29, 0.717) is 0 Å². The molecule has 2 nitrogen and oxygen atoms in total. The Bertz CT molecular complexity index is 785.